The Hall–Kier alpha value is -3.50. The van der Waals surface area contributed by atoms with Crippen molar-refractivity contribution in [3.05, 3.63) is 71.4 Å². The van der Waals surface area contributed by atoms with E-state index in [9.17, 15) is 17.6 Å². The molecule has 4 rings (SSSR count). The Morgan fingerprint density at radius 3 is 2.66 bits per heavy atom. The summed E-state index contributed by atoms with van der Waals surface area (Å²) in [5.41, 5.74) is 1.09. The van der Waals surface area contributed by atoms with Crippen molar-refractivity contribution in [3.63, 3.8) is 0 Å². The van der Waals surface area contributed by atoms with E-state index >= 15 is 0 Å². The highest BCUT2D eigenvalue weighted by molar-refractivity contribution is 7.89. The number of halogens is 1. The molecule has 1 aromatic heterocycles. The zero-order valence-corrected chi connectivity index (χ0v) is 20.2. The minimum absolute atomic E-state index is 0.00978. The summed E-state index contributed by atoms with van der Waals surface area (Å²) in [6.07, 6.45) is 3.93. The predicted octanol–water partition coefficient (Wildman–Crippen LogP) is 4.34. The number of aryl methyl sites for hydroxylation is 1. The number of hydrogen-bond acceptors (Lipinski definition) is 6. The molecule has 3 aromatic rings. The second-order valence-electron chi connectivity index (χ2n) is 8.24. The lowest BCUT2D eigenvalue weighted by molar-refractivity contribution is -0.120. The van der Waals surface area contributed by atoms with Gasteiger partial charge in [-0.25, -0.2) is 12.8 Å². The molecule has 8 nitrogen and oxygen atoms in total. The van der Waals surface area contributed by atoms with Crippen LogP contribution in [0.5, 0.6) is 5.75 Å². The van der Waals surface area contributed by atoms with Gasteiger partial charge in [-0.1, -0.05) is 23.4 Å². The third-order valence-electron chi connectivity index (χ3n) is 5.86. The van der Waals surface area contributed by atoms with Gasteiger partial charge in [-0.3, -0.25) is 4.79 Å². The maximum absolute atomic E-state index is 14.0. The molecule has 0 bridgehead atoms. The number of anilines is 1. The first kappa shape index (κ1) is 24.6. The number of sulfonamides is 1. The van der Waals surface area contributed by atoms with Crippen molar-refractivity contribution in [3.8, 4) is 5.75 Å². The molecule has 0 unspecified atom stereocenters. The van der Waals surface area contributed by atoms with Crippen LogP contribution in [0.1, 0.15) is 29.9 Å². The van der Waals surface area contributed by atoms with Gasteiger partial charge in [-0.05, 0) is 62.2 Å². The summed E-state index contributed by atoms with van der Waals surface area (Å²) in [6.45, 7) is 1.84. The fraction of sp³-hybridized carbons (Fsp3) is 0.280. The molecule has 1 amide bonds. The van der Waals surface area contributed by atoms with Gasteiger partial charge < -0.3 is 14.6 Å². The van der Waals surface area contributed by atoms with Crippen LogP contribution in [0.4, 0.5) is 10.1 Å². The average molecular weight is 500 g/mol. The number of carbonyl (C=O) groups excluding carboxylic acids is 1. The van der Waals surface area contributed by atoms with Crippen molar-refractivity contribution in [2.75, 3.05) is 25.5 Å². The van der Waals surface area contributed by atoms with Crippen molar-refractivity contribution in [2.24, 2.45) is 5.92 Å². The number of nitrogens with zero attached hydrogens (tertiary/aromatic N) is 2. The molecule has 1 aliphatic heterocycles. The van der Waals surface area contributed by atoms with Gasteiger partial charge in [0.1, 0.15) is 17.3 Å². The fourth-order valence-electron chi connectivity index (χ4n) is 4.00. The van der Waals surface area contributed by atoms with E-state index in [1.807, 2.05) is 0 Å². The maximum Gasteiger partial charge on any atom is 0.248 e. The molecular formula is C25H26FN3O5S. The topological polar surface area (TPSA) is 102 Å². The van der Waals surface area contributed by atoms with E-state index in [0.717, 1.165) is 0 Å². The maximum atomic E-state index is 14.0. The molecule has 2 heterocycles. The summed E-state index contributed by atoms with van der Waals surface area (Å²) < 4.78 is 52.7. The quantitative estimate of drug-likeness (QED) is 0.519. The van der Waals surface area contributed by atoms with Gasteiger partial charge in [-0.15, -0.1) is 0 Å². The number of carbonyl (C=O) groups is 1. The minimum Gasteiger partial charge on any atom is -0.497 e. The first-order valence-corrected chi connectivity index (χ1v) is 12.6. The molecule has 1 saturated heterocycles. The van der Waals surface area contributed by atoms with Crippen molar-refractivity contribution < 1.29 is 26.9 Å². The van der Waals surface area contributed by atoms with E-state index in [0.29, 0.717) is 24.3 Å². The smallest absolute Gasteiger partial charge is 0.248 e. The highest BCUT2D eigenvalue weighted by Crippen LogP contribution is 2.30. The Kier molecular flexibility index (Phi) is 7.32. The monoisotopic (exact) mass is 499 g/mol. The molecule has 10 heteroatoms. The van der Waals surface area contributed by atoms with Gasteiger partial charge in [0.15, 0.2) is 10.7 Å². The number of hydrogen-bond donors (Lipinski definition) is 1. The third-order valence-corrected chi connectivity index (χ3v) is 7.89. The summed E-state index contributed by atoms with van der Waals surface area (Å²) in [4.78, 5) is 12.8. The van der Waals surface area contributed by atoms with Crippen LogP contribution in [-0.2, 0) is 14.8 Å². The third kappa shape index (κ3) is 5.44. The van der Waals surface area contributed by atoms with E-state index in [1.54, 1.807) is 49.6 Å². The second kappa shape index (κ2) is 10.4. The average Bonchev–Trinajstić information content (AvgIpc) is 3.25. The highest BCUT2D eigenvalue weighted by atomic mass is 32.2. The lowest BCUT2D eigenvalue weighted by Crippen LogP contribution is -2.43. The molecule has 2 aromatic carbocycles. The molecule has 35 heavy (non-hydrogen) atoms. The van der Waals surface area contributed by atoms with Gasteiger partial charge in [0.2, 0.25) is 15.9 Å². The van der Waals surface area contributed by atoms with Crippen LogP contribution in [0.15, 0.2) is 57.9 Å². The Morgan fingerprint density at radius 1 is 1.20 bits per heavy atom. The molecule has 184 valence electrons. The van der Waals surface area contributed by atoms with Gasteiger partial charge in [-0.2, -0.15) is 4.31 Å². The van der Waals surface area contributed by atoms with Crippen molar-refractivity contribution >= 4 is 33.8 Å². The van der Waals surface area contributed by atoms with E-state index < -0.39 is 21.8 Å². The van der Waals surface area contributed by atoms with Crippen LogP contribution < -0.4 is 10.1 Å². The van der Waals surface area contributed by atoms with Gasteiger partial charge >= 0.3 is 0 Å². The summed E-state index contributed by atoms with van der Waals surface area (Å²) in [5, 5.41) is 6.66. The summed E-state index contributed by atoms with van der Waals surface area (Å²) in [7, 11) is -2.45. The van der Waals surface area contributed by atoms with E-state index in [-0.39, 0.29) is 40.9 Å². The highest BCUT2D eigenvalue weighted by Gasteiger charge is 2.37. The number of piperidine rings is 1. The molecule has 0 spiro atoms. The van der Waals surface area contributed by atoms with Crippen LogP contribution in [0.3, 0.4) is 0 Å². The molecule has 1 fully saturated rings. The zero-order chi connectivity index (χ0) is 25.0. The first-order valence-electron chi connectivity index (χ1n) is 11.1. The minimum atomic E-state index is -4.01. The van der Waals surface area contributed by atoms with Gasteiger partial charge in [0.25, 0.3) is 0 Å². The summed E-state index contributed by atoms with van der Waals surface area (Å²) in [5.74, 6) is -0.529. The summed E-state index contributed by atoms with van der Waals surface area (Å²) >= 11 is 0. The van der Waals surface area contributed by atoms with Crippen LogP contribution in [-0.4, -0.2) is 44.0 Å². The Balaban J connectivity index is 1.52. The normalized spacial score (nSPS) is 16.9. The number of ether oxygens (including phenoxy) is 1. The molecule has 1 atom stereocenters. The van der Waals surface area contributed by atoms with E-state index in [1.165, 1.54) is 29.4 Å². The zero-order valence-electron chi connectivity index (χ0n) is 19.4. The van der Waals surface area contributed by atoms with Crippen LogP contribution in [0, 0.1) is 18.7 Å². The van der Waals surface area contributed by atoms with Crippen molar-refractivity contribution in [1.29, 1.82) is 0 Å². The lowest BCUT2D eigenvalue weighted by atomic mass is 9.99. The number of amides is 1. The molecule has 0 saturated carbocycles. The number of methoxy groups -OCH3 is 1. The van der Waals surface area contributed by atoms with Gasteiger partial charge in [0, 0.05) is 24.3 Å². The first-order chi connectivity index (χ1) is 16.8. The van der Waals surface area contributed by atoms with Crippen molar-refractivity contribution in [2.45, 2.75) is 24.7 Å². The van der Waals surface area contributed by atoms with Gasteiger partial charge in [0.05, 0.1) is 13.0 Å². The lowest BCUT2D eigenvalue weighted by Gasteiger charge is -2.31. The molecule has 1 N–H and O–H groups in total. The van der Waals surface area contributed by atoms with E-state index in [2.05, 4.69) is 10.5 Å². The SMILES string of the molecule is COc1ccc(NC(=O)[C@H]2CCCN(S(=O)(=O)c3c(C)noc3/C=C/c3ccccc3F)C2)cc1. The molecule has 1 aliphatic rings. The van der Waals surface area contributed by atoms with Crippen LogP contribution in [0.2, 0.25) is 0 Å². The Labute approximate surface area is 203 Å². The summed E-state index contributed by atoms with van der Waals surface area (Å²) in [6, 6.07) is 13.0. The van der Waals surface area contributed by atoms with E-state index in [4.69, 9.17) is 9.26 Å². The molecular weight excluding hydrogens is 473 g/mol. The molecule has 0 radical (unpaired) electrons. The Morgan fingerprint density at radius 2 is 1.94 bits per heavy atom. The van der Waals surface area contributed by atoms with Crippen molar-refractivity contribution in [1.82, 2.24) is 9.46 Å². The van der Waals surface area contributed by atoms with Crippen LogP contribution in [0.25, 0.3) is 12.2 Å². The number of nitrogens with one attached hydrogen (secondary N) is 1. The number of benzene rings is 2. The predicted molar refractivity (Wildman–Crippen MR) is 130 cm³/mol. The fourth-order valence-corrected chi connectivity index (χ4v) is 5.77. The second-order valence-corrected chi connectivity index (χ2v) is 10.1. The largest absolute Gasteiger partial charge is 0.497 e. The number of rotatable bonds is 7. The number of aromatic nitrogens is 1. The standard InChI is InChI=1S/C25H26FN3O5S/c1-17-24(23(34-28-17)14-9-18-6-3-4-8-22(18)26)35(31,32)29-15-5-7-19(16-29)25(30)27-20-10-12-21(33-2)13-11-20/h3-4,6,8-14,19H,5,7,15-16H2,1-2H3,(H,27,30)/b14-9+/t19-/m0/s1. The van der Waals surface area contributed by atoms with Crippen LogP contribution >= 0.6 is 0 Å². The Bertz CT molecular complexity index is 1340. The molecule has 0 aliphatic carbocycles.